The van der Waals surface area contributed by atoms with E-state index in [2.05, 4.69) is 9.97 Å². The number of rotatable bonds is 2. The highest BCUT2D eigenvalue weighted by molar-refractivity contribution is 5.98. The summed E-state index contributed by atoms with van der Waals surface area (Å²) in [6.07, 6.45) is 0. The fraction of sp³-hybridized carbons (Fsp3) is 0.273. The van der Waals surface area contributed by atoms with E-state index in [1.807, 2.05) is 19.9 Å². The molecule has 0 bridgehead atoms. The van der Waals surface area contributed by atoms with Crippen molar-refractivity contribution in [3.8, 4) is 0 Å². The van der Waals surface area contributed by atoms with Crippen LogP contribution in [0.5, 0.6) is 0 Å². The van der Waals surface area contributed by atoms with Crippen molar-refractivity contribution in [2.24, 2.45) is 0 Å². The Balaban J connectivity index is 1.45. The Bertz CT molecular complexity index is 1090. The summed E-state index contributed by atoms with van der Waals surface area (Å²) in [5.41, 5.74) is 4.19. The summed E-state index contributed by atoms with van der Waals surface area (Å²) in [4.78, 5) is 37.9. The quantitative estimate of drug-likeness (QED) is 0.673. The normalized spacial score (nSPS) is 14.3. The number of piperazine rings is 1. The van der Waals surface area contributed by atoms with Crippen LogP contribution in [0, 0.1) is 19.7 Å². The molecule has 1 fully saturated rings. The second-order valence-electron chi connectivity index (χ2n) is 7.19. The van der Waals surface area contributed by atoms with Crippen molar-refractivity contribution in [3.63, 3.8) is 0 Å². The van der Waals surface area contributed by atoms with E-state index >= 15 is 0 Å². The van der Waals surface area contributed by atoms with E-state index in [0.29, 0.717) is 42.8 Å². The number of aromatic nitrogens is 2. The second kappa shape index (κ2) is 7.58. The predicted molar refractivity (Wildman–Crippen MR) is 107 cm³/mol. The van der Waals surface area contributed by atoms with Crippen LogP contribution in [-0.4, -0.2) is 57.8 Å². The Morgan fingerprint density at radius 3 is 1.83 bits per heavy atom. The molecule has 0 radical (unpaired) electrons. The summed E-state index contributed by atoms with van der Waals surface area (Å²) in [5.74, 6) is -0.605. The van der Waals surface area contributed by atoms with Crippen molar-refractivity contribution in [2.45, 2.75) is 13.8 Å². The van der Waals surface area contributed by atoms with Gasteiger partial charge in [-0.05, 0) is 56.3 Å². The SMILES string of the molecule is Cc1nc2ccc(C(=O)N3CCN(C(=O)c4ccc(F)cc4)CC3)cc2nc1C. The van der Waals surface area contributed by atoms with Gasteiger partial charge in [-0.25, -0.2) is 14.4 Å². The first-order valence-corrected chi connectivity index (χ1v) is 9.51. The third kappa shape index (κ3) is 3.81. The molecule has 4 rings (SSSR count). The number of benzene rings is 2. The number of carbonyl (C=O) groups is 2. The molecule has 2 aromatic carbocycles. The third-order valence-electron chi connectivity index (χ3n) is 5.27. The lowest BCUT2D eigenvalue weighted by atomic mass is 10.1. The van der Waals surface area contributed by atoms with Gasteiger partial charge >= 0.3 is 0 Å². The minimum absolute atomic E-state index is 0.0826. The van der Waals surface area contributed by atoms with E-state index in [9.17, 15) is 14.0 Å². The van der Waals surface area contributed by atoms with E-state index in [0.717, 1.165) is 16.9 Å². The summed E-state index contributed by atoms with van der Waals surface area (Å²) >= 11 is 0. The van der Waals surface area contributed by atoms with Gasteiger partial charge in [0.05, 0.1) is 22.4 Å². The number of hydrogen-bond donors (Lipinski definition) is 0. The van der Waals surface area contributed by atoms with Crippen molar-refractivity contribution in [1.82, 2.24) is 19.8 Å². The Morgan fingerprint density at radius 2 is 1.24 bits per heavy atom. The number of nitrogens with zero attached hydrogens (tertiary/aromatic N) is 4. The summed E-state index contributed by atoms with van der Waals surface area (Å²) in [7, 11) is 0. The highest BCUT2D eigenvalue weighted by Gasteiger charge is 2.25. The van der Waals surface area contributed by atoms with Crippen molar-refractivity contribution in [3.05, 3.63) is 70.8 Å². The molecule has 7 heteroatoms. The summed E-state index contributed by atoms with van der Waals surface area (Å²) in [6, 6.07) is 10.9. The largest absolute Gasteiger partial charge is 0.335 e. The Morgan fingerprint density at radius 1 is 0.759 bits per heavy atom. The van der Waals surface area contributed by atoms with Gasteiger partial charge in [0.25, 0.3) is 11.8 Å². The zero-order chi connectivity index (χ0) is 20.5. The van der Waals surface area contributed by atoms with Gasteiger partial charge in [0.15, 0.2) is 0 Å². The van der Waals surface area contributed by atoms with Gasteiger partial charge in [0.2, 0.25) is 0 Å². The Labute approximate surface area is 168 Å². The highest BCUT2D eigenvalue weighted by Crippen LogP contribution is 2.17. The van der Waals surface area contributed by atoms with E-state index in [4.69, 9.17) is 0 Å². The number of amides is 2. The molecule has 1 aliphatic heterocycles. The molecule has 1 aromatic heterocycles. The maximum absolute atomic E-state index is 13.1. The molecule has 1 saturated heterocycles. The van der Waals surface area contributed by atoms with Gasteiger partial charge in [0.1, 0.15) is 5.82 Å². The van der Waals surface area contributed by atoms with Crippen molar-refractivity contribution in [1.29, 1.82) is 0 Å². The predicted octanol–water partition coefficient (Wildman–Crippen LogP) is 2.98. The molecule has 0 spiro atoms. The smallest absolute Gasteiger partial charge is 0.254 e. The molecule has 2 heterocycles. The number of fused-ring (bicyclic) bond motifs is 1. The van der Waals surface area contributed by atoms with Crippen LogP contribution in [0.1, 0.15) is 32.1 Å². The van der Waals surface area contributed by atoms with Gasteiger partial charge < -0.3 is 9.80 Å². The first-order valence-electron chi connectivity index (χ1n) is 9.51. The van der Waals surface area contributed by atoms with Crippen molar-refractivity contribution >= 4 is 22.8 Å². The molecule has 0 saturated carbocycles. The molecule has 0 atom stereocenters. The molecule has 0 unspecified atom stereocenters. The lowest BCUT2D eigenvalue weighted by Gasteiger charge is -2.35. The van der Waals surface area contributed by atoms with Gasteiger partial charge in [-0.15, -0.1) is 0 Å². The average Bonchev–Trinajstić information content (AvgIpc) is 2.74. The van der Waals surface area contributed by atoms with Crippen LogP contribution in [0.15, 0.2) is 42.5 Å². The molecule has 0 aliphatic carbocycles. The highest BCUT2D eigenvalue weighted by atomic mass is 19.1. The molecule has 3 aromatic rings. The van der Waals surface area contributed by atoms with E-state index in [1.165, 1.54) is 24.3 Å². The topological polar surface area (TPSA) is 66.4 Å². The lowest BCUT2D eigenvalue weighted by Crippen LogP contribution is -2.50. The second-order valence-corrected chi connectivity index (χ2v) is 7.19. The molecule has 0 N–H and O–H groups in total. The molecule has 29 heavy (non-hydrogen) atoms. The number of aryl methyl sites for hydroxylation is 2. The number of halogens is 1. The lowest BCUT2D eigenvalue weighted by molar-refractivity contribution is 0.0535. The van der Waals surface area contributed by atoms with Crippen LogP contribution in [0.25, 0.3) is 11.0 Å². The van der Waals surface area contributed by atoms with Crippen LogP contribution < -0.4 is 0 Å². The van der Waals surface area contributed by atoms with Crippen LogP contribution in [0.4, 0.5) is 4.39 Å². The Hall–Kier alpha value is -3.35. The molecule has 1 aliphatic rings. The van der Waals surface area contributed by atoms with Crippen molar-refractivity contribution in [2.75, 3.05) is 26.2 Å². The molecule has 6 nitrogen and oxygen atoms in total. The van der Waals surface area contributed by atoms with Gasteiger partial charge in [-0.2, -0.15) is 0 Å². The van der Waals surface area contributed by atoms with Crippen molar-refractivity contribution < 1.29 is 14.0 Å². The standard InChI is InChI=1S/C22H21FN4O2/c1-14-15(2)25-20-13-17(5-8-19(20)24-14)22(29)27-11-9-26(10-12-27)21(28)16-3-6-18(23)7-4-16/h3-8,13H,9-12H2,1-2H3. The van der Waals surface area contributed by atoms with Crippen LogP contribution >= 0.6 is 0 Å². The third-order valence-corrected chi connectivity index (χ3v) is 5.27. The Kier molecular flexibility index (Phi) is 4.96. The minimum atomic E-state index is -0.373. The maximum atomic E-state index is 13.1. The zero-order valence-electron chi connectivity index (χ0n) is 16.4. The van der Waals surface area contributed by atoms with Crippen LogP contribution in [0.2, 0.25) is 0 Å². The van der Waals surface area contributed by atoms with Gasteiger partial charge in [-0.1, -0.05) is 0 Å². The first-order chi connectivity index (χ1) is 13.9. The first kappa shape index (κ1) is 19.0. The van der Waals surface area contributed by atoms with E-state index in [1.54, 1.807) is 21.9 Å². The number of hydrogen-bond acceptors (Lipinski definition) is 4. The van der Waals surface area contributed by atoms with E-state index < -0.39 is 0 Å². The number of carbonyl (C=O) groups excluding carboxylic acids is 2. The van der Waals surface area contributed by atoms with Gasteiger partial charge in [0, 0.05) is 37.3 Å². The fourth-order valence-corrected chi connectivity index (χ4v) is 3.43. The average molecular weight is 392 g/mol. The molecular weight excluding hydrogens is 371 g/mol. The molecular formula is C22H21FN4O2. The monoisotopic (exact) mass is 392 g/mol. The zero-order valence-corrected chi connectivity index (χ0v) is 16.4. The molecule has 148 valence electrons. The fourth-order valence-electron chi connectivity index (χ4n) is 3.43. The van der Waals surface area contributed by atoms with Crippen LogP contribution in [0.3, 0.4) is 0 Å². The van der Waals surface area contributed by atoms with E-state index in [-0.39, 0.29) is 17.6 Å². The summed E-state index contributed by atoms with van der Waals surface area (Å²) in [6.45, 7) is 5.58. The molecule has 2 amide bonds. The maximum Gasteiger partial charge on any atom is 0.254 e. The summed E-state index contributed by atoms with van der Waals surface area (Å²) in [5, 5.41) is 0. The minimum Gasteiger partial charge on any atom is -0.335 e. The van der Waals surface area contributed by atoms with Gasteiger partial charge in [-0.3, -0.25) is 9.59 Å². The van der Waals surface area contributed by atoms with Crippen LogP contribution in [-0.2, 0) is 0 Å². The summed E-state index contributed by atoms with van der Waals surface area (Å²) < 4.78 is 13.1.